The molecule has 0 aromatic rings. The third-order valence-electron chi connectivity index (χ3n) is 0.604. The molecule has 0 aliphatic rings. The predicted octanol–water partition coefficient (Wildman–Crippen LogP) is -0.446. The summed E-state index contributed by atoms with van der Waals surface area (Å²) in [4.78, 5) is 10.2. The molecule has 0 saturated carbocycles. The lowest BCUT2D eigenvalue weighted by Gasteiger charge is -1.86. The van der Waals surface area contributed by atoms with Gasteiger partial charge in [0.1, 0.15) is 0 Å². The molecule has 40 valence electrons. The molecule has 0 heterocycles. The van der Waals surface area contributed by atoms with Crippen molar-refractivity contribution in [3.8, 4) is 0 Å². The van der Waals surface area contributed by atoms with Crippen molar-refractivity contribution in [2.45, 2.75) is 6.92 Å². The number of hydrogen-bond acceptors (Lipinski definition) is 3. The highest BCUT2D eigenvalue weighted by Gasteiger charge is 1.96. The van der Waals surface area contributed by atoms with Crippen LogP contribution in [0.4, 0.5) is 0 Å². The molecule has 7 heavy (non-hydrogen) atoms. The monoisotopic (exact) mass is 100 g/mol. The smallest absolute Gasteiger partial charge is 0.189 e. The van der Waals surface area contributed by atoms with Gasteiger partial charge in [-0.2, -0.15) is 0 Å². The fraction of sp³-hybridized carbons (Fsp3) is 0.500. The Morgan fingerprint density at radius 1 is 1.86 bits per heavy atom. The Hall–Kier alpha value is -0.700. The van der Waals surface area contributed by atoms with Crippen molar-refractivity contribution in [3.63, 3.8) is 0 Å². The van der Waals surface area contributed by atoms with Gasteiger partial charge in [-0.05, 0) is 6.92 Å². The Balaban J connectivity index is 3.58. The van der Waals surface area contributed by atoms with Gasteiger partial charge in [-0.25, -0.2) is 0 Å². The quantitative estimate of drug-likeness (QED) is 0.462. The second kappa shape index (κ2) is 2.47. The number of carbonyl (C=O) groups is 1. The van der Waals surface area contributed by atoms with Crippen LogP contribution >= 0.6 is 0 Å². The van der Waals surface area contributed by atoms with E-state index in [1.54, 1.807) is 0 Å². The average molecular weight is 100 g/mol. The van der Waals surface area contributed by atoms with Crippen LogP contribution in [0.2, 0.25) is 0 Å². The van der Waals surface area contributed by atoms with Crippen LogP contribution in [0.1, 0.15) is 6.92 Å². The molecule has 0 aliphatic heterocycles. The minimum Gasteiger partial charge on any atom is -0.324 e. The molecular formula is C4H8N2O. The molecule has 3 N–H and O–H groups in total. The van der Waals surface area contributed by atoms with Gasteiger partial charge in [-0.15, -0.1) is 0 Å². The fourth-order valence-electron chi connectivity index (χ4n) is 0.153. The van der Waals surface area contributed by atoms with Crippen molar-refractivity contribution < 1.29 is 4.79 Å². The Bertz CT molecular complexity index is 97.9. The largest absolute Gasteiger partial charge is 0.324 e. The number of ketones is 1. The van der Waals surface area contributed by atoms with E-state index in [1.807, 2.05) is 0 Å². The van der Waals surface area contributed by atoms with Gasteiger partial charge in [0.15, 0.2) is 5.78 Å². The van der Waals surface area contributed by atoms with Gasteiger partial charge in [-0.3, -0.25) is 4.79 Å². The summed E-state index contributed by atoms with van der Waals surface area (Å²) in [5.74, 6) is -0.292. The molecular weight excluding hydrogens is 92.1 g/mol. The molecule has 0 radical (unpaired) electrons. The van der Waals surface area contributed by atoms with Gasteiger partial charge >= 0.3 is 0 Å². The number of carbonyl (C=O) groups excluding carboxylic acids is 1. The van der Waals surface area contributed by atoms with E-state index in [2.05, 4.69) is 0 Å². The summed E-state index contributed by atoms with van der Waals surface area (Å²) in [5, 5.41) is 6.67. The first-order valence-electron chi connectivity index (χ1n) is 1.97. The lowest BCUT2D eigenvalue weighted by molar-refractivity contribution is -0.111. The molecule has 0 rings (SSSR count). The molecule has 0 saturated heterocycles. The molecule has 0 aromatic carbocycles. The highest BCUT2D eigenvalue weighted by molar-refractivity contribution is 6.38. The van der Waals surface area contributed by atoms with Gasteiger partial charge in [0.25, 0.3) is 0 Å². The summed E-state index contributed by atoms with van der Waals surface area (Å²) in [6.07, 6.45) is 0. The molecule has 0 bridgehead atoms. The zero-order valence-electron chi connectivity index (χ0n) is 4.19. The van der Waals surface area contributed by atoms with Gasteiger partial charge < -0.3 is 11.1 Å². The molecule has 0 fully saturated rings. The van der Waals surface area contributed by atoms with Gasteiger partial charge in [0, 0.05) is 0 Å². The third-order valence-corrected chi connectivity index (χ3v) is 0.604. The van der Waals surface area contributed by atoms with E-state index in [1.165, 1.54) is 6.92 Å². The summed E-state index contributed by atoms with van der Waals surface area (Å²) in [5.41, 5.74) is 4.91. The number of nitrogens with two attached hydrogens (primary N) is 1. The van der Waals surface area contributed by atoms with Gasteiger partial charge in [0.05, 0.1) is 12.3 Å². The van der Waals surface area contributed by atoms with Crippen molar-refractivity contribution in [2.75, 3.05) is 6.54 Å². The fourth-order valence-corrected chi connectivity index (χ4v) is 0.153. The number of hydrogen-bond donors (Lipinski definition) is 2. The molecule has 0 amide bonds. The lowest BCUT2D eigenvalue weighted by atomic mass is 10.3. The van der Waals surface area contributed by atoms with Crippen LogP contribution in [-0.4, -0.2) is 18.0 Å². The minimum atomic E-state index is -0.292. The van der Waals surface area contributed by atoms with E-state index >= 15 is 0 Å². The van der Waals surface area contributed by atoms with E-state index < -0.39 is 0 Å². The van der Waals surface area contributed by atoms with Gasteiger partial charge in [-0.1, -0.05) is 0 Å². The van der Waals surface area contributed by atoms with Crippen LogP contribution in [-0.2, 0) is 4.79 Å². The summed E-state index contributed by atoms with van der Waals surface area (Å²) in [6.45, 7) is 1.38. The van der Waals surface area contributed by atoms with Crippen LogP contribution in [0.25, 0.3) is 0 Å². The van der Waals surface area contributed by atoms with Crippen molar-refractivity contribution in [2.24, 2.45) is 5.73 Å². The van der Waals surface area contributed by atoms with Crippen molar-refractivity contribution in [1.29, 1.82) is 5.41 Å². The van der Waals surface area contributed by atoms with Crippen LogP contribution < -0.4 is 5.73 Å². The molecule has 3 heteroatoms. The maximum Gasteiger partial charge on any atom is 0.189 e. The summed E-state index contributed by atoms with van der Waals surface area (Å²) < 4.78 is 0. The zero-order chi connectivity index (χ0) is 5.86. The highest BCUT2D eigenvalue weighted by atomic mass is 16.1. The van der Waals surface area contributed by atoms with E-state index in [4.69, 9.17) is 11.1 Å². The van der Waals surface area contributed by atoms with Crippen molar-refractivity contribution >= 4 is 11.5 Å². The van der Waals surface area contributed by atoms with Crippen LogP contribution in [0.15, 0.2) is 0 Å². The number of rotatable bonds is 2. The van der Waals surface area contributed by atoms with Crippen molar-refractivity contribution in [1.82, 2.24) is 0 Å². The molecule has 0 atom stereocenters. The van der Waals surface area contributed by atoms with Crippen LogP contribution in [0, 0.1) is 5.41 Å². The molecule has 0 unspecified atom stereocenters. The van der Waals surface area contributed by atoms with E-state index in [-0.39, 0.29) is 18.0 Å². The molecule has 0 spiro atoms. The lowest BCUT2D eigenvalue weighted by Crippen LogP contribution is -2.19. The molecule has 3 nitrogen and oxygen atoms in total. The Morgan fingerprint density at radius 3 is 2.29 bits per heavy atom. The normalized spacial score (nSPS) is 8.29. The van der Waals surface area contributed by atoms with E-state index in [0.29, 0.717) is 0 Å². The second-order valence-corrected chi connectivity index (χ2v) is 1.25. The molecule has 0 aliphatic carbocycles. The summed E-state index contributed by atoms with van der Waals surface area (Å²) in [7, 11) is 0. The maximum atomic E-state index is 10.2. The van der Waals surface area contributed by atoms with Crippen LogP contribution in [0.5, 0.6) is 0 Å². The first-order valence-corrected chi connectivity index (χ1v) is 1.97. The zero-order valence-corrected chi connectivity index (χ0v) is 4.19. The summed E-state index contributed by atoms with van der Waals surface area (Å²) in [6, 6.07) is 0. The van der Waals surface area contributed by atoms with E-state index in [0.717, 1.165) is 0 Å². The second-order valence-electron chi connectivity index (χ2n) is 1.25. The maximum absolute atomic E-state index is 10.2. The SMILES string of the molecule is CC(=N)C(=O)CN. The van der Waals surface area contributed by atoms with Gasteiger partial charge in [0.2, 0.25) is 0 Å². The Labute approximate surface area is 42.0 Å². The topological polar surface area (TPSA) is 66.9 Å². The number of Topliss-reactive ketones (excluding diaryl/α,β-unsaturated/α-hetero) is 1. The standard InChI is InChI=1S/C4H8N2O/c1-3(6)4(7)2-5/h6H,2,5H2,1H3. The predicted molar refractivity (Wildman–Crippen MR) is 27.5 cm³/mol. The first kappa shape index (κ1) is 6.30. The molecule has 0 aromatic heterocycles. The Kier molecular flexibility index (Phi) is 2.22. The first-order chi connectivity index (χ1) is 3.18. The third kappa shape index (κ3) is 2.05. The Morgan fingerprint density at radius 2 is 2.29 bits per heavy atom. The summed E-state index contributed by atoms with van der Waals surface area (Å²) >= 11 is 0. The highest BCUT2D eigenvalue weighted by Crippen LogP contribution is 1.68. The average Bonchev–Trinajstić information content (AvgIpc) is 1.65. The number of nitrogens with one attached hydrogen (secondary N) is 1. The van der Waals surface area contributed by atoms with Crippen LogP contribution in [0.3, 0.4) is 0 Å². The van der Waals surface area contributed by atoms with E-state index in [9.17, 15) is 4.79 Å². The minimum absolute atomic E-state index is 0.0301. The van der Waals surface area contributed by atoms with Crippen molar-refractivity contribution in [3.05, 3.63) is 0 Å².